The number of carbonyl (C=O) groups excluding carboxylic acids is 2. The molecule has 0 aliphatic rings. The lowest BCUT2D eigenvalue weighted by Crippen LogP contribution is -2.19. The molecule has 0 aliphatic heterocycles. The summed E-state index contributed by atoms with van der Waals surface area (Å²) in [7, 11) is 0. The number of ether oxygens (including phenoxy) is 1. The van der Waals surface area contributed by atoms with Crippen LogP contribution in [0.3, 0.4) is 0 Å². The van der Waals surface area contributed by atoms with E-state index in [1.807, 2.05) is 0 Å². The van der Waals surface area contributed by atoms with Crippen LogP contribution in [0.2, 0.25) is 0 Å². The molecule has 0 atom stereocenters. The van der Waals surface area contributed by atoms with Crippen molar-refractivity contribution in [2.75, 3.05) is 6.61 Å². The summed E-state index contributed by atoms with van der Waals surface area (Å²) in [6.45, 7) is 2.62. The Hall–Kier alpha value is -1.32. The monoisotopic (exact) mass is 367 g/mol. The summed E-state index contributed by atoms with van der Waals surface area (Å²) in [6, 6.07) is 0. The molecule has 0 N–H and O–H groups in total. The molecule has 0 aliphatic carbocycles. The van der Waals surface area contributed by atoms with Crippen LogP contribution in [0.1, 0.15) is 110 Å². The number of esters is 1. The van der Waals surface area contributed by atoms with Gasteiger partial charge in [-0.3, -0.25) is 0 Å². The molecule has 0 rings (SSSR count). The number of carboxylic acid groups (broad SMARTS) is 1. The lowest BCUT2D eigenvalue weighted by Gasteiger charge is -2.04. The van der Waals surface area contributed by atoms with Gasteiger partial charge in [-0.1, -0.05) is 103 Å². The van der Waals surface area contributed by atoms with E-state index in [1.54, 1.807) is 0 Å². The number of carboxylic acids is 1. The lowest BCUT2D eigenvalue weighted by atomic mass is 10.0. The predicted octanol–water partition coefficient (Wildman–Crippen LogP) is 5.10. The molecule has 0 radical (unpaired) electrons. The normalized spacial score (nSPS) is 11.1. The van der Waals surface area contributed by atoms with Crippen molar-refractivity contribution in [1.29, 1.82) is 0 Å². The summed E-state index contributed by atoms with van der Waals surface area (Å²) in [5.74, 6) is -2.00. The van der Waals surface area contributed by atoms with E-state index in [-0.39, 0.29) is 0 Å². The summed E-state index contributed by atoms with van der Waals surface area (Å²) < 4.78 is 4.89. The predicted molar refractivity (Wildman–Crippen MR) is 105 cm³/mol. The molecule has 4 heteroatoms. The fraction of sp³-hybridized carbons (Fsp3) is 0.818. The topological polar surface area (TPSA) is 66.4 Å². The van der Waals surface area contributed by atoms with E-state index in [9.17, 15) is 14.7 Å². The molecule has 0 aromatic heterocycles. The molecule has 0 heterocycles. The van der Waals surface area contributed by atoms with Crippen molar-refractivity contribution in [3.05, 3.63) is 12.2 Å². The average molecular weight is 368 g/mol. The SMILES string of the molecule is CCCCCCCCCCCCCCCCCCOC(=O)/C=C\C(=O)[O-]. The van der Waals surface area contributed by atoms with E-state index in [4.69, 9.17) is 4.74 Å². The first kappa shape index (κ1) is 24.7. The molecule has 0 aromatic rings. The molecular weight excluding hydrogens is 328 g/mol. The average Bonchev–Trinajstić information content (AvgIpc) is 2.62. The maximum absolute atomic E-state index is 11.1. The second kappa shape index (κ2) is 20.0. The van der Waals surface area contributed by atoms with E-state index in [1.165, 1.54) is 89.9 Å². The zero-order valence-corrected chi connectivity index (χ0v) is 16.8. The third-order valence-corrected chi connectivity index (χ3v) is 4.60. The fourth-order valence-electron chi connectivity index (χ4n) is 3.01. The van der Waals surface area contributed by atoms with Crippen LogP contribution in [-0.4, -0.2) is 18.5 Å². The largest absolute Gasteiger partial charge is 0.545 e. The first-order chi connectivity index (χ1) is 12.7. The van der Waals surface area contributed by atoms with E-state index < -0.39 is 11.9 Å². The van der Waals surface area contributed by atoms with Crippen LogP contribution in [0.25, 0.3) is 0 Å². The molecule has 4 nitrogen and oxygen atoms in total. The van der Waals surface area contributed by atoms with E-state index in [2.05, 4.69) is 6.92 Å². The molecule has 0 saturated heterocycles. The van der Waals surface area contributed by atoms with Gasteiger partial charge < -0.3 is 14.6 Å². The Labute approximate surface area is 160 Å². The number of hydrogen-bond donors (Lipinski definition) is 0. The van der Waals surface area contributed by atoms with Crippen molar-refractivity contribution in [2.24, 2.45) is 0 Å². The van der Waals surface area contributed by atoms with Crippen LogP contribution < -0.4 is 5.11 Å². The molecule has 0 aromatic carbocycles. The van der Waals surface area contributed by atoms with Gasteiger partial charge in [0.25, 0.3) is 0 Å². The van der Waals surface area contributed by atoms with Crippen molar-refractivity contribution in [3.63, 3.8) is 0 Å². The summed E-state index contributed by atoms with van der Waals surface area (Å²) >= 11 is 0. The zero-order chi connectivity index (χ0) is 19.3. The number of unbranched alkanes of at least 4 members (excludes halogenated alkanes) is 15. The van der Waals surface area contributed by atoms with Crippen molar-refractivity contribution in [3.8, 4) is 0 Å². The Morgan fingerprint density at radius 3 is 1.42 bits per heavy atom. The van der Waals surface area contributed by atoms with Crippen LogP contribution >= 0.6 is 0 Å². The second-order valence-electron chi connectivity index (χ2n) is 7.12. The molecule has 152 valence electrons. The minimum absolute atomic E-state index is 0.356. The van der Waals surface area contributed by atoms with Crippen LogP contribution in [0, 0.1) is 0 Å². The minimum atomic E-state index is -1.38. The summed E-state index contributed by atoms with van der Waals surface area (Å²) in [6.07, 6.45) is 22.4. The highest BCUT2D eigenvalue weighted by Gasteiger charge is 1.97. The molecule has 26 heavy (non-hydrogen) atoms. The highest BCUT2D eigenvalue weighted by atomic mass is 16.5. The zero-order valence-electron chi connectivity index (χ0n) is 16.8. The van der Waals surface area contributed by atoms with E-state index >= 15 is 0 Å². The Kier molecular flexibility index (Phi) is 19.0. The van der Waals surface area contributed by atoms with Gasteiger partial charge in [-0.05, 0) is 12.5 Å². The lowest BCUT2D eigenvalue weighted by molar-refractivity contribution is -0.297. The number of hydrogen-bond acceptors (Lipinski definition) is 4. The highest BCUT2D eigenvalue weighted by molar-refractivity contribution is 5.89. The Balaban J connectivity index is 3.13. The van der Waals surface area contributed by atoms with Crippen molar-refractivity contribution < 1.29 is 19.4 Å². The number of aliphatic carboxylic acids is 1. The fourth-order valence-corrected chi connectivity index (χ4v) is 3.01. The summed E-state index contributed by atoms with van der Waals surface area (Å²) in [4.78, 5) is 21.2. The first-order valence-corrected chi connectivity index (χ1v) is 10.7. The maximum Gasteiger partial charge on any atom is 0.330 e. The standard InChI is InChI=1S/C22H40O4/c1-2-3-4-5-6-7-8-9-10-11-12-13-14-15-16-17-20-26-22(25)19-18-21(23)24/h18-19H,2-17,20H2,1H3,(H,23,24)/p-1/b19-18-. The summed E-state index contributed by atoms with van der Waals surface area (Å²) in [5, 5.41) is 10.1. The van der Waals surface area contributed by atoms with Gasteiger partial charge >= 0.3 is 5.97 Å². The number of carbonyl (C=O) groups is 2. The third-order valence-electron chi connectivity index (χ3n) is 4.60. The molecule has 0 spiro atoms. The van der Waals surface area contributed by atoms with Crippen molar-refractivity contribution in [1.82, 2.24) is 0 Å². The maximum atomic E-state index is 11.1. The quantitative estimate of drug-likeness (QED) is 0.181. The molecule has 0 amide bonds. The Morgan fingerprint density at radius 1 is 0.654 bits per heavy atom. The number of rotatable bonds is 19. The first-order valence-electron chi connectivity index (χ1n) is 10.7. The minimum Gasteiger partial charge on any atom is -0.545 e. The molecule has 0 fully saturated rings. The van der Waals surface area contributed by atoms with Gasteiger partial charge in [-0.2, -0.15) is 0 Å². The second-order valence-corrected chi connectivity index (χ2v) is 7.12. The van der Waals surface area contributed by atoms with E-state index in [0.717, 1.165) is 18.9 Å². The Bertz CT molecular complexity index is 363. The van der Waals surface area contributed by atoms with Gasteiger partial charge in [0.05, 0.1) is 12.6 Å². The van der Waals surface area contributed by atoms with Gasteiger partial charge in [-0.25, -0.2) is 4.79 Å². The van der Waals surface area contributed by atoms with Crippen LogP contribution in [0.5, 0.6) is 0 Å². The van der Waals surface area contributed by atoms with Gasteiger partial charge in [0.2, 0.25) is 0 Å². The van der Waals surface area contributed by atoms with E-state index in [0.29, 0.717) is 12.7 Å². The summed E-state index contributed by atoms with van der Waals surface area (Å²) in [5.41, 5.74) is 0. The van der Waals surface area contributed by atoms with Crippen LogP contribution in [0.15, 0.2) is 12.2 Å². The van der Waals surface area contributed by atoms with Crippen molar-refractivity contribution in [2.45, 2.75) is 110 Å². The Morgan fingerprint density at radius 2 is 1.04 bits per heavy atom. The molecular formula is C22H39O4-. The highest BCUT2D eigenvalue weighted by Crippen LogP contribution is 2.13. The van der Waals surface area contributed by atoms with Gasteiger partial charge in [0.1, 0.15) is 0 Å². The van der Waals surface area contributed by atoms with Crippen molar-refractivity contribution >= 4 is 11.9 Å². The molecule has 0 unspecified atom stereocenters. The van der Waals surface area contributed by atoms with Gasteiger partial charge in [0.15, 0.2) is 0 Å². The van der Waals surface area contributed by atoms with Crippen LogP contribution in [-0.2, 0) is 14.3 Å². The third kappa shape index (κ3) is 20.7. The van der Waals surface area contributed by atoms with Gasteiger partial charge in [-0.15, -0.1) is 0 Å². The smallest absolute Gasteiger partial charge is 0.330 e. The molecule has 0 bridgehead atoms. The van der Waals surface area contributed by atoms with Gasteiger partial charge in [0, 0.05) is 6.08 Å². The van der Waals surface area contributed by atoms with Crippen LogP contribution in [0.4, 0.5) is 0 Å². The molecule has 0 saturated carbocycles.